The van der Waals surface area contributed by atoms with E-state index >= 15 is 0 Å². The third-order valence-corrected chi connectivity index (χ3v) is 15.9. The molecule has 0 radical (unpaired) electrons. The minimum atomic E-state index is -2.02. The van der Waals surface area contributed by atoms with Crippen molar-refractivity contribution in [3.8, 4) is 11.5 Å². The number of nitrogens with zero attached hydrogens (tertiary/aromatic N) is 3. The summed E-state index contributed by atoms with van der Waals surface area (Å²) in [5.74, 6) is 0.943. The first-order valence-electron chi connectivity index (χ1n) is 26.3. The quantitative estimate of drug-likeness (QED) is 0.0604. The van der Waals surface area contributed by atoms with Crippen LogP contribution in [0, 0.1) is 29.6 Å². The molecular formula is C58H73N5O9S. The largest absolute Gasteiger partial charge is 0.506 e. The Kier molecular flexibility index (Phi) is 18.4. The minimum Gasteiger partial charge on any atom is -0.506 e. The van der Waals surface area contributed by atoms with Crippen LogP contribution in [0.1, 0.15) is 92.6 Å². The van der Waals surface area contributed by atoms with Crippen molar-refractivity contribution in [3.63, 3.8) is 0 Å². The highest BCUT2D eigenvalue weighted by atomic mass is 32.1. The predicted octanol–water partition coefficient (Wildman–Crippen LogP) is 7.02. The van der Waals surface area contributed by atoms with Crippen molar-refractivity contribution in [1.29, 1.82) is 0 Å². The third-order valence-electron chi connectivity index (χ3n) is 15.9. The van der Waals surface area contributed by atoms with Crippen LogP contribution in [0.3, 0.4) is 0 Å². The molecule has 5 aromatic rings. The van der Waals surface area contributed by atoms with Crippen LogP contribution in [0.25, 0.3) is 10.9 Å². The molecule has 0 spiro atoms. The Hall–Kier alpha value is -5.71. The molecule has 73 heavy (non-hydrogen) atoms. The van der Waals surface area contributed by atoms with Gasteiger partial charge in [-0.25, -0.2) is 4.79 Å². The molecule has 2 amide bonds. The zero-order chi connectivity index (χ0) is 50.0. The van der Waals surface area contributed by atoms with E-state index in [0.717, 1.165) is 83.8 Å². The number of aromatic nitrogens is 1. The van der Waals surface area contributed by atoms with E-state index in [1.165, 1.54) is 17.7 Å². The van der Waals surface area contributed by atoms with Crippen molar-refractivity contribution in [2.24, 2.45) is 29.6 Å². The number of nitrogens with one attached hydrogen (secondary N) is 2. The molecule has 4 aliphatic rings. The lowest BCUT2D eigenvalue weighted by Crippen LogP contribution is -2.46. The molecule has 390 valence electrons. The molecule has 2 atom stereocenters. The highest BCUT2D eigenvalue weighted by molar-refractivity contribution is 7.59. The molecule has 4 aromatic carbocycles. The number of hydrogen-bond acceptors (Lipinski definition) is 11. The van der Waals surface area contributed by atoms with Gasteiger partial charge in [-0.3, -0.25) is 19.3 Å². The maximum absolute atomic E-state index is 14.0. The maximum Gasteiger partial charge on any atom is 0.347 e. The van der Waals surface area contributed by atoms with Crippen LogP contribution < -0.4 is 15.6 Å². The fourth-order valence-electron chi connectivity index (χ4n) is 11.4. The number of phenolic OH excluding ortho intramolecular Hbond substituents is 1. The summed E-state index contributed by atoms with van der Waals surface area (Å²) in [6.07, 6.45) is 7.30. The van der Waals surface area contributed by atoms with E-state index in [2.05, 4.69) is 39.5 Å². The van der Waals surface area contributed by atoms with Crippen LogP contribution in [-0.2, 0) is 31.3 Å². The predicted molar refractivity (Wildman–Crippen MR) is 285 cm³/mol. The van der Waals surface area contributed by atoms with E-state index in [1.54, 1.807) is 54.6 Å². The van der Waals surface area contributed by atoms with Gasteiger partial charge in [0.15, 0.2) is 0 Å². The molecule has 3 saturated heterocycles. The highest BCUT2D eigenvalue weighted by Gasteiger charge is 2.43. The number of likely N-dealkylation sites (tertiary alicyclic amines) is 3. The minimum absolute atomic E-state index is 0. The summed E-state index contributed by atoms with van der Waals surface area (Å²) in [6, 6.07) is 32.7. The maximum atomic E-state index is 14.0. The molecule has 5 N–H and O–H groups in total. The number of pyridine rings is 1. The number of benzene rings is 4. The van der Waals surface area contributed by atoms with Gasteiger partial charge in [-0.1, -0.05) is 78.9 Å². The van der Waals surface area contributed by atoms with Gasteiger partial charge < -0.3 is 44.9 Å². The number of amides is 2. The Balaban J connectivity index is 0.00000711. The SMILES string of the molecule is O=C(C1CCC(C(=O)N2CCC(COc3cccc([C@](O)(C(=O)OCC4CCN(Cc5ccccc5)CC4)c4ccccc4)c3)CC2)CC1)N1CCC(CNC[C@H](O)c2ccc(O)c3[nH]c(=O)ccc23)CC1.S. The molecule has 14 nitrogen and oxygen atoms in total. The summed E-state index contributed by atoms with van der Waals surface area (Å²) >= 11 is 0. The topological polar surface area (TPSA) is 185 Å². The fourth-order valence-corrected chi connectivity index (χ4v) is 11.4. The molecule has 0 unspecified atom stereocenters. The highest BCUT2D eigenvalue weighted by Crippen LogP contribution is 2.36. The summed E-state index contributed by atoms with van der Waals surface area (Å²) in [5, 5.41) is 37.4. The second kappa shape index (κ2) is 25.0. The number of aromatic amines is 1. The van der Waals surface area contributed by atoms with Gasteiger partial charge in [-0.15, -0.1) is 0 Å². The second-order valence-electron chi connectivity index (χ2n) is 20.8. The number of fused-ring (bicyclic) bond motifs is 1. The number of esters is 1. The monoisotopic (exact) mass is 1020 g/mol. The number of carbonyl (C=O) groups excluding carboxylic acids is 3. The van der Waals surface area contributed by atoms with E-state index in [-0.39, 0.29) is 66.9 Å². The van der Waals surface area contributed by atoms with Crippen LogP contribution in [0.2, 0.25) is 0 Å². The lowest BCUT2D eigenvalue weighted by molar-refractivity contribution is -0.164. The van der Waals surface area contributed by atoms with Crippen molar-refractivity contribution in [2.45, 2.75) is 82.5 Å². The van der Waals surface area contributed by atoms with Crippen LogP contribution >= 0.6 is 13.5 Å². The number of rotatable bonds is 17. The number of ether oxygens (including phenoxy) is 2. The smallest absolute Gasteiger partial charge is 0.347 e. The summed E-state index contributed by atoms with van der Waals surface area (Å²) < 4.78 is 12.3. The Morgan fingerprint density at radius 2 is 1.25 bits per heavy atom. The molecule has 1 saturated carbocycles. The van der Waals surface area contributed by atoms with Crippen molar-refractivity contribution in [1.82, 2.24) is 25.0 Å². The number of carbonyl (C=O) groups is 3. The summed E-state index contributed by atoms with van der Waals surface area (Å²) in [5.41, 5.74) is 0.711. The Bertz CT molecular complexity index is 2660. The molecule has 3 aliphatic heterocycles. The van der Waals surface area contributed by atoms with Crippen molar-refractivity contribution in [2.75, 3.05) is 65.6 Å². The van der Waals surface area contributed by atoms with Gasteiger partial charge in [-0.2, -0.15) is 13.5 Å². The first-order chi connectivity index (χ1) is 35.0. The molecule has 0 bridgehead atoms. The molecule has 1 aliphatic carbocycles. The van der Waals surface area contributed by atoms with Crippen LogP contribution in [0.4, 0.5) is 0 Å². The number of H-pyrrole nitrogens is 1. The van der Waals surface area contributed by atoms with Gasteiger partial charge in [0.1, 0.15) is 11.5 Å². The van der Waals surface area contributed by atoms with Gasteiger partial charge in [0.25, 0.3) is 0 Å². The van der Waals surface area contributed by atoms with E-state index < -0.39 is 17.7 Å². The zero-order valence-electron chi connectivity index (χ0n) is 41.8. The molecule has 15 heteroatoms. The first-order valence-corrected chi connectivity index (χ1v) is 26.3. The Morgan fingerprint density at radius 1 is 0.671 bits per heavy atom. The summed E-state index contributed by atoms with van der Waals surface area (Å²) in [6.45, 7) is 7.23. The Labute approximate surface area is 435 Å². The van der Waals surface area contributed by atoms with Gasteiger partial charge in [0.2, 0.25) is 23.0 Å². The van der Waals surface area contributed by atoms with Crippen molar-refractivity contribution in [3.05, 3.63) is 142 Å². The van der Waals surface area contributed by atoms with Crippen molar-refractivity contribution >= 4 is 42.2 Å². The fraction of sp³-hybridized carbons (Fsp3) is 0.483. The van der Waals surface area contributed by atoms with Crippen molar-refractivity contribution < 1.29 is 39.2 Å². The second-order valence-corrected chi connectivity index (χ2v) is 20.8. The van der Waals surface area contributed by atoms with Gasteiger partial charge in [-0.05, 0) is 143 Å². The average Bonchev–Trinajstić information content (AvgIpc) is 3.42. The van der Waals surface area contributed by atoms with Crippen LogP contribution in [0.15, 0.2) is 114 Å². The van der Waals surface area contributed by atoms with E-state index in [9.17, 15) is 34.5 Å². The van der Waals surface area contributed by atoms with E-state index in [4.69, 9.17) is 9.47 Å². The van der Waals surface area contributed by atoms with E-state index in [0.29, 0.717) is 85.1 Å². The number of aromatic hydroxyl groups is 1. The van der Waals surface area contributed by atoms with E-state index in [1.807, 2.05) is 28.0 Å². The lowest BCUT2D eigenvalue weighted by Gasteiger charge is -2.38. The number of aliphatic hydroxyl groups excluding tert-OH is 1. The number of aliphatic hydroxyl groups is 2. The van der Waals surface area contributed by atoms with Gasteiger partial charge in [0, 0.05) is 68.1 Å². The molecular weight excluding hydrogens is 943 g/mol. The van der Waals surface area contributed by atoms with Crippen LogP contribution in [-0.4, -0.2) is 118 Å². The van der Waals surface area contributed by atoms with Gasteiger partial charge in [0.05, 0.1) is 24.8 Å². The number of piperidine rings is 3. The normalized spacial score (nSPS) is 20.7. The molecule has 1 aromatic heterocycles. The zero-order valence-corrected chi connectivity index (χ0v) is 42.8. The number of phenols is 1. The third kappa shape index (κ3) is 13.2. The molecule has 9 rings (SSSR count). The van der Waals surface area contributed by atoms with Gasteiger partial charge >= 0.3 is 5.97 Å². The standard InChI is InChI=1S/C58H71N5O9.H2S/c64-51-20-18-49(50-19-21-53(66)60-54(50)51)52(65)36-59-35-40-24-30-62(31-25-40)55(67)44-14-16-45(17-15-44)56(68)63-32-26-43(27-33-63)38-71-48-13-7-12-47(34-48)58(70,46-10-5-2-6-11-46)57(69)72-39-42-22-28-61(29-23-42)37-41-8-3-1-4-9-41;/h1-13,18-21,34,40,42-45,52,59,64-65,70H,14-17,22-33,35-39H2,(H,60,66);1H2/t44?,45?,52-,58-;/m0./s1. The first kappa shape index (κ1) is 53.6. The molecule has 4 heterocycles. The lowest BCUT2D eigenvalue weighted by atomic mass is 9.80. The van der Waals surface area contributed by atoms with Crippen LogP contribution in [0.5, 0.6) is 11.5 Å². The molecule has 4 fully saturated rings. The summed E-state index contributed by atoms with van der Waals surface area (Å²) in [4.78, 5) is 62.2. The summed E-state index contributed by atoms with van der Waals surface area (Å²) in [7, 11) is 0. The number of hydrogen-bond donors (Lipinski definition) is 5. The average molecular weight is 1020 g/mol. The Morgan fingerprint density at radius 3 is 1.89 bits per heavy atom.